The molecular weight excluding hydrogens is 276 g/mol. The van der Waals surface area contributed by atoms with Crippen LogP contribution in [0.25, 0.3) is 0 Å². The fraction of sp³-hybridized carbons (Fsp3) is 0.571. The summed E-state index contributed by atoms with van der Waals surface area (Å²) in [6, 6.07) is 10.7. The van der Waals surface area contributed by atoms with Gasteiger partial charge in [0.2, 0.25) is 0 Å². The van der Waals surface area contributed by atoms with Crippen LogP contribution in [-0.4, -0.2) is 55.9 Å². The first kappa shape index (κ1) is 14.7. The molecule has 0 saturated carbocycles. The largest absolute Gasteiger partial charge is 0.308 e. The van der Waals surface area contributed by atoms with Crippen LogP contribution in [0.3, 0.4) is 0 Å². The fourth-order valence-corrected chi connectivity index (χ4v) is 2.39. The van der Waals surface area contributed by atoms with Gasteiger partial charge in [0, 0.05) is 30.9 Å². The Bertz CT molecular complexity index is 300. The predicted molar refractivity (Wildman–Crippen MR) is 79.0 cm³/mol. The Hall–Kier alpha value is -0.380. The summed E-state index contributed by atoms with van der Waals surface area (Å²) in [5, 5.41) is 1.02. The van der Waals surface area contributed by atoms with Gasteiger partial charge in [-0.05, 0) is 26.7 Å². The lowest BCUT2D eigenvalue weighted by Crippen LogP contribution is -2.32. The summed E-state index contributed by atoms with van der Waals surface area (Å²) in [7, 11) is 6.43. The zero-order valence-electron chi connectivity index (χ0n) is 11.1. The van der Waals surface area contributed by atoms with E-state index in [4.69, 9.17) is 0 Å². The average molecular weight is 299 g/mol. The van der Waals surface area contributed by atoms with E-state index in [0.29, 0.717) is 5.92 Å². The third-order valence-electron chi connectivity index (χ3n) is 2.92. The Morgan fingerprint density at radius 3 is 2.24 bits per heavy atom. The van der Waals surface area contributed by atoms with E-state index in [9.17, 15) is 0 Å². The molecule has 1 aromatic carbocycles. The second kappa shape index (κ2) is 7.85. The van der Waals surface area contributed by atoms with Crippen molar-refractivity contribution in [3.8, 4) is 0 Å². The van der Waals surface area contributed by atoms with Crippen molar-refractivity contribution in [3.05, 3.63) is 35.9 Å². The highest BCUT2D eigenvalue weighted by Crippen LogP contribution is 2.18. The Morgan fingerprint density at radius 2 is 1.71 bits per heavy atom. The zero-order chi connectivity index (χ0) is 12.7. The van der Waals surface area contributed by atoms with Gasteiger partial charge in [-0.1, -0.05) is 46.3 Å². The molecule has 0 aliphatic carbocycles. The van der Waals surface area contributed by atoms with E-state index in [-0.39, 0.29) is 0 Å². The molecule has 1 aromatic rings. The van der Waals surface area contributed by atoms with Crippen molar-refractivity contribution in [2.45, 2.75) is 5.92 Å². The number of halogens is 1. The molecule has 0 spiro atoms. The minimum Gasteiger partial charge on any atom is -0.308 e. The summed E-state index contributed by atoms with van der Waals surface area (Å²) >= 11 is 3.62. The van der Waals surface area contributed by atoms with Crippen LogP contribution in [0.15, 0.2) is 30.3 Å². The summed E-state index contributed by atoms with van der Waals surface area (Å²) in [5.74, 6) is 0.573. The van der Waals surface area contributed by atoms with Crippen LogP contribution in [-0.2, 0) is 0 Å². The molecule has 0 saturated heterocycles. The minimum atomic E-state index is 0.573. The van der Waals surface area contributed by atoms with Gasteiger partial charge in [-0.3, -0.25) is 0 Å². The van der Waals surface area contributed by atoms with Gasteiger partial charge in [-0.15, -0.1) is 0 Å². The van der Waals surface area contributed by atoms with Gasteiger partial charge >= 0.3 is 0 Å². The van der Waals surface area contributed by atoms with Gasteiger partial charge in [0.15, 0.2) is 0 Å². The molecule has 0 amide bonds. The van der Waals surface area contributed by atoms with Crippen molar-refractivity contribution in [1.29, 1.82) is 0 Å². The van der Waals surface area contributed by atoms with Crippen LogP contribution in [0.1, 0.15) is 11.5 Å². The highest BCUT2D eigenvalue weighted by Gasteiger charge is 2.12. The van der Waals surface area contributed by atoms with E-state index >= 15 is 0 Å². The third kappa shape index (κ3) is 5.66. The van der Waals surface area contributed by atoms with Gasteiger partial charge in [-0.25, -0.2) is 0 Å². The normalized spacial score (nSPS) is 13.3. The molecule has 1 atom stereocenters. The van der Waals surface area contributed by atoms with Gasteiger partial charge in [0.1, 0.15) is 0 Å². The smallest absolute Gasteiger partial charge is 0.0112 e. The highest BCUT2D eigenvalue weighted by atomic mass is 79.9. The van der Waals surface area contributed by atoms with Gasteiger partial charge < -0.3 is 9.80 Å². The van der Waals surface area contributed by atoms with Gasteiger partial charge in [0.25, 0.3) is 0 Å². The summed E-state index contributed by atoms with van der Waals surface area (Å²) in [6.45, 7) is 3.33. The van der Waals surface area contributed by atoms with Gasteiger partial charge in [0.05, 0.1) is 0 Å². The molecule has 2 nitrogen and oxygen atoms in total. The molecule has 0 heterocycles. The zero-order valence-corrected chi connectivity index (χ0v) is 12.7. The van der Waals surface area contributed by atoms with E-state index in [1.807, 2.05) is 0 Å². The number of benzene rings is 1. The highest BCUT2D eigenvalue weighted by molar-refractivity contribution is 9.09. The van der Waals surface area contributed by atoms with Crippen molar-refractivity contribution >= 4 is 15.9 Å². The molecule has 0 aliphatic rings. The number of alkyl halides is 1. The standard InChI is InChI=1S/C14H23BrN2/c1-16(2)9-10-17(3)12-14(11-15)13-7-5-4-6-8-13/h4-8,14H,9-12H2,1-3H3. The van der Waals surface area contributed by atoms with Crippen LogP contribution in [0.2, 0.25) is 0 Å². The number of hydrogen-bond acceptors (Lipinski definition) is 2. The summed E-state index contributed by atoms with van der Waals surface area (Å²) in [6.07, 6.45) is 0. The SMILES string of the molecule is CN(C)CCN(C)CC(CBr)c1ccccc1. The van der Waals surface area contributed by atoms with E-state index in [1.54, 1.807) is 0 Å². The van der Waals surface area contributed by atoms with E-state index in [2.05, 4.69) is 77.2 Å². The molecule has 1 unspecified atom stereocenters. The lowest BCUT2D eigenvalue weighted by Gasteiger charge is -2.24. The first-order chi connectivity index (χ1) is 8.13. The number of likely N-dealkylation sites (N-methyl/N-ethyl adjacent to an activating group) is 2. The summed E-state index contributed by atoms with van der Waals surface area (Å²) in [4.78, 5) is 4.63. The average Bonchev–Trinajstić information content (AvgIpc) is 2.34. The molecular formula is C14H23BrN2. The molecule has 0 aliphatic heterocycles. The number of nitrogens with zero attached hydrogens (tertiary/aromatic N) is 2. The molecule has 3 heteroatoms. The number of rotatable bonds is 7. The number of hydrogen-bond donors (Lipinski definition) is 0. The lowest BCUT2D eigenvalue weighted by molar-refractivity contribution is 0.273. The monoisotopic (exact) mass is 298 g/mol. The van der Waals surface area contributed by atoms with E-state index in [0.717, 1.165) is 25.0 Å². The molecule has 0 N–H and O–H groups in total. The molecule has 96 valence electrons. The van der Waals surface area contributed by atoms with E-state index < -0.39 is 0 Å². The maximum absolute atomic E-state index is 3.62. The molecule has 0 fully saturated rings. The van der Waals surface area contributed by atoms with Crippen molar-refractivity contribution in [2.75, 3.05) is 46.1 Å². The van der Waals surface area contributed by atoms with Crippen molar-refractivity contribution in [2.24, 2.45) is 0 Å². The van der Waals surface area contributed by atoms with Crippen molar-refractivity contribution < 1.29 is 0 Å². The summed E-state index contributed by atoms with van der Waals surface area (Å²) in [5.41, 5.74) is 1.42. The third-order valence-corrected chi connectivity index (χ3v) is 3.70. The van der Waals surface area contributed by atoms with Crippen LogP contribution >= 0.6 is 15.9 Å². The fourth-order valence-electron chi connectivity index (χ4n) is 1.81. The molecule has 0 aromatic heterocycles. The van der Waals surface area contributed by atoms with Crippen LogP contribution in [0.5, 0.6) is 0 Å². The first-order valence-electron chi connectivity index (χ1n) is 6.07. The maximum Gasteiger partial charge on any atom is 0.0112 e. The molecule has 1 rings (SSSR count). The van der Waals surface area contributed by atoms with Crippen molar-refractivity contribution in [3.63, 3.8) is 0 Å². The molecule has 17 heavy (non-hydrogen) atoms. The van der Waals surface area contributed by atoms with Crippen LogP contribution in [0.4, 0.5) is 0 Å². The Morgan fingerprint density at radius 1 is 1.06 bits per heavy atom. The Balaban J connectivity index is 2.47. The summed E-state index contributed by atoms with van der Waals surface area (Å²) < 4.78 is 0. The second-order valence-electron chi connectivity index (χ2n) is 4.83. The van der Waals surface area contributed by atoms with E-state index in [1.165, 1.54) is 5.56 Å². The Kier molecular flexibility index (Phi) is 6.78. The quantitative estimate of drug-likeness (QED) is 0.714. The maximum atomic E-state index is 3.62. The van der Waals surface area contributed by atoms with Crippen molar-refractivity contribution in [1.82, 2.24) is 9.80 Å². The Labute approximate surface area is 114 Å². The lowest BCUT2D eigenvalue weighted by atomic mass is 10.0. The minimum absolute atomic E-state index is 0.573. The second-order valence-corrected chi connectivity index (χ2v) is 5.47. The van der Waals surface area contributed by atoms with Gasteiger partial charge in [-0.2, -0.15) is 0 Å². The molecule has 0 bridgehead atoms. The van der Waals surface area contributed by atoms with Crippen LogP contribution < -0.4 is 0 Å². The topological polar surface area (TPSA) is 6.48 Å². The predicted octanol–water partition coefficient (Wildman–Crippen LogP) is 2.66. The van der Waals surface area contributed by atoms with Crippen LogP contribution in [0, 0.1) is 0 Å². The first-order valence-corrected chi connectivity index (χ1v) is 7.19. The molecule has 0 radical (unpaired) electrons.